The second-order valence-electron chi connectivity index (χ2n) is 5.50. The van der Waals surface area contributed by atoms with E-state index in [1.807, 2.05) is 14.0 Å². The lowest BCUT2D eigenvalue weighted by Gasteiger charge is -2.13. The number of carbonyl (C=O) groups is 1. The van der Waals surface area contributed by atoms with Crippen LogP contribution in [-0.4, -0.2) is 32.3 Å². The van der Waals surface area contributed by atoms with Gasteiger partial charge in [-0.3, -0.25) is 0 Å². The van der Waals surface area contributed by atoms with E-state index in [1.54, 1.807) is 22.2 Å². The average Bonchev–Trinajstić information content (AvgIpc) is 3.07. The highest BCUT2D eigenvalue weighted by Crippen LogP contribution is 2.19. The Balaban J connectivity index is 1.74. The Bertz CT molecular complexity index is 620. The first kappa shape index (κ1) is 16.4. The van der Waals surface area contributed by atoms with Crippen LogP contribution in [0.25, 0.3) is 0 Å². The quantitative estimate of drug-likeness (QED) is 0.852. The van der Waals surface area contributed by atoms with Gasteiger partial charge in [0.2, 0.25) is 0 Å². The van der Waals surface area contributed by atoms with Crippen molar-refractivity contribution in [1.82, 2.24) is 30.4 Å². The number of thiazole rings is 1. The number of carbonyl (C=O) groups excluding carboxylic acids is 1. The molecule has 0 aliphatic rings. The molecular weight excluding hydrogens is 300 g/mol. The van der Waals surface area contributed by atoms with Gasteiger partial charge in [0.15, 0.2) is 5.82 Å². The second kappa shape index (κ2) is 7.35. The van der Waals surface area contributed by atoms with Crippen molar-refractivity contribution < 1.29 is 4.79 Å². The van der Waals surface area contributed by atoms with Crippen molar-refractivity contribution in [3.05, 3.63) is 28.2 Å². The first-order valence-corrected chi connectivity index (χ1v) is 8.18. The fourth-order valence-electron chi connectivity index (χ4n) is 2.00. The largest absolute Gasteiger partial charge is 0.338 e. The maximum absolute atomic E-state index is 11.9. The van der Waals surface area contributed by atoms with E-state index in [-0.39, 0.29) is 12.1 Å². The Labute approximate surface area is 134 Å². The van der Waals surface area contributed by atoms with Crippen LogP contribution >= 0.6 is 11.3 Å². The molecule has 2 amide bonds. The summed E-state index contributed by atoms with van der Waals surface area (Å²) >= 11 is 1.67. The van der Waals surface area contributed by atoms with E-state index in [4.69, 9.17) is 0 Å². The fraction of sp³-hybridized carbons (Fsp3) is 0.571. The molecule has 0 aliphatic carbocycles. The van der Waals surface area contributed by atoms with Crippen molar-refractivity contribution in [2.45, 2.75) is 39.2 Å². The maximum Gasteiger partial charge on any atom is 0.315 e. The molecule has 2 aromatic rings. The van der Waals surface area contributed by atoms with E-state index in [0.717, 1.165) is 22.9 Å². The molecular formula is C14H22N6OS. The van der Waals surface area contributed by atoms with Gasteiger partial charge in [0, 0.05) is 31.3 Å². The van der Waals surface area contributed by atoms with Crippen molar-refractivity contribution in [1.29, 1.82) is 0 Å². The lowest BCUT2D eigenvalue weighted by molar-refractivity contribution is 0.237. The molecule has 2 rings (SSSR count). The topological polar surface area (TPSA) is 84.7 Å². The van der Waals surface area contributed by atoms with Crippen molar-refractivity contribution in [2.24, 2.45) is 7.05 Å². The molecule has 0 spiro atoms. The molecule has 0 fully saturated rings. The number of rotatable bonds is 6. The van der Waals surface area contributed by atoms with E-state index in [2.05, 4.69) is 45.0 Å². The zero-order chi connectivity index (χ0) is 16.1. The second-order valence-corrected chi connectivity index (χ2v) is 6.39. The lowest BCUT2D eigenvalue weighted by atomic mass is 10.2. The Kier molecular flexibility index (Phi) is 5.48. The summed E-state index contributed by atoms with van der Waals surface area (Å²) in [4.78, 5) is 16.4. The number of aromatic nitrogens is 4. The van der Waals surface area contributed by atoms with Gasteiger partial charge in [-0.25, -0.2) is 9.78 Å². The summed E-state index contributed by atoms with van der Waals surface area (Å²) in [6.07, 6.45) is 2.34. The Morgan fingerprint density at radius 3 is 2.77 bits per heavy atom. The summed E-state index contributed by atoms with van der Waals surface area (Å²) in [5, 5.41) is 16.6. The van der Waals surface area contributed by atoms with Crippen molar-refractivity contribution in [3.8, 4) is 0 Å². The van der Waals surface area contributed by atoms with Crippen LogP contribution in [-0.2, 0) is 13.5 Å². The summed E-state index contributed by atoms with van der Waals surface area (Å²) in [5.74, 6) is 1.17. The first-order chi connectivity index (χ1) is 10.5. The third-order valence-electron chi connectivity index (χ3n) is 3.21. The van der Waals surface area contributed by atoms with E-state index < -0.39 is 0 Å². The summed E-state index contributed by atoms with van der Waals surface area (Å²) in [5.41, 5.74) is 1.02. The van der Waals surface area contributed by atoms with Crippen LogP contribution in [0, 0.1) is 0 Å². The molecule has 1 atom stereocenters. The Hall–Kier alpha value is -1.96. The molecule has 2 heterocycles. The molecule has 8 heteroatoms. The molecule has 2 aromatic heterocycles. The molecule has 0 saturated heterocycles. The molecule has 22 heavy (non-hydrogen) atoms. The van der Waals surface area contributed by atoms with E-state index in [1.165, 1.54) is 0 Å². The molecule has 7 nitrogen and oxygen atoms in total. The summed E-state index contributed by atoms with van der Waals surface area (Å²) in [7, 11) is 1.85. The minimum Gasteiger partial charge on any atom is -0.338 e. The van der Waals surface area contributed by atoms with Gasteiger partial charge in [0.05, 0.1) is 16.7 Å². The molecule has 0 radical (unpaired) electrons. The number of amides is 2. The monoisotopic (exact) mass is 322 g/mol. The zero-order valence-electron chi connectivity index (χ0n) is 13.3. The van der Waals surface area contributed by atoms with Gasteiger partial charge in [0.1, 0.15) is 6.33 Å². The fourth-order valence-corrected chi connectivity index (χ4v) is 2.87. The minimum atomic E-state index is -0.213. The molecule has 120 valence electrons. The molecule has 0 bridgehead atoms. The zero-order valence-corrected chi connectivity index (χ0v) is 14.1. The molecule has 2 N–H and O–H groups in total. The van der Waals surface area contributed by atoms with E-state index >= 15 is 0 Å². The molecule has 0 unspecified atom stereocenters. The Morgan fingerprint density at radius 1 is 1.41 bits per heavy atom. The van der Waals surface area contributed by atoms with Crippen LogP contribution in [0.3, 0.4) is 0 Å². The normalized spacial score (nSPS) is 12.4. The van der Waals surface area contributed by atoms with E-state index in [0.29, 0.717) is 12.5 Å². The van der Waals surface area contributed by atoms with Crippen LogP contribution in [0.5, 0.6) is 0 Å². The summed E-state index contributed by atoms with van der Waals surface area (Å²) < 4.78 is 1.79. The number of hydrogen-bond donors (Lipinski definition) is 2. The van der Waals surface area contributed by atoms with Crippen LogP contribution in [0.15, 0.2) is 11.7 Å². The van der Waals surface area contributed by atoms with Crippen molar-refractivity contribution in [2.75, 3.05) is 6.54 Å². The molecule has 0 aromatic carbocycles. The van der Waals surface area contributed by atoms with Gasteiger partial charge in [-0.15, -0.1) is 21.5 Å². The van der Waals surface area contributed by atoms with Crippen LogP contribution < -0.4 is 10.6 Å². The highest BCUT2D eigenvalue weighted by molar-refractivity contribution is 7.09. The smallest absolute Gasteiger partial charge is 0.315 e. The minimum absolute atomic E-state index is 0.195. The van der Waals surface area contributed by atoms with Gasteiger partial charge in [-0.05, 0) is 6.92 Å². The lowest BCUT2D eigenvalue weighted by Crippen LogP contribution is -2.38. The van der Waals surface area contributed by atoms with Crippen LogP contribution in [0.4, 0.5) is 4.79 Å². The Morgan fingerprint density at radius 2 is 2.18 bits per heavy atom. The van der Waals surface area contributed by atoms with Gasteiger partial charge >= 0.3 is 6.03 Å². The molecule has 0 aliphatic heterocycles. The number of urea groups is 1. The number of hydrogen-bond acceptors (Lipinski definition) is 5. The third kappa shape index (κ3) is 4.27. The standard InChI is InChI=1S/C14H22N6OS/c1-9(2)13-18-11(7-22-13)5-6-15-14(21)17-10(3)12-19-16-8-20(12)4/h7-10H,5-6H2,1-4H3,(H2,15,17,21)/t10-/m0/s1. The van der Waals surface area contributed by atoms with E-state index in [9.17, 15) is 4.79 Å². The predicted octanol–water partition coefficient (Wildman–Crippen LogP) is 2.00. The summed E-state index contributed by atoms with van der Waals surface area (Å²) in [6, 6.07) is -0.408. The number of aryl methyl sites for hydroxylation is 1. The highest BCUT2D eigenvalue weighted by Gasteiger charge is 2.14. The summed E-state index contributed by atoms with van der Waals surface area (Å²) in [6.45, 7) is 6.68. The number of nitrogens with one attached hydrogen (secondary N) is 2. The maximum atomic E-state index is 11.9. The number of nitrogens with zero attached hydrogens (tertiary/aromatic N) is 4. The van der Waals surface area contributed by atoms with Crippen LogP contribution in [0.1, 0.15) is 49.3 Å². The van der Waals surface area contributed by atoms with Crippen molar-refractivity contribution in [3.63, 3.8) is 0 Å². The van der Waals surface area contributed by atoms with Gasteiger partial charge in [-0.2, -0.15) is 0 Å². The first-order valence-electron chi connectivity index (χ1n) is 7.30. The highest BCUT2D eigenvalue weighted by atomic mass is 32.1. The van der Waals surface area contributed by atoms with Gasteiger partial charge in [-0.1, -0.05) is 13.8 Å². The SMILES string of the molecule is CC(C)c1nc(CCNC(=O)N[C@@H](C)c2nncn2C)cs1. The van der Waals surface area contributed by atoms with Gasteiger partial charge in [0.25, 0.3) is 0 Å². The van der Waals surface area contributed by atoms with Gasteiger partial charge < -0.3 is 15.2 Å². The molecule has 0 saturated carbocycles. The van der Waals surface area contributed by atoms with Crippen LogP contribution in [0.2, 0.25) is 0 Å². The predicted molar refractivity (Wildman–Crippen MR) is 85.9 cm³/mol. The van der Waals surface area contributed by atoms with Crippen molar-refractivity contribution >= 4 is 17.4 Å². The third-order valence-corrected chi connectivity index (χ3v) is 4.41. The average molecular weight is 322 g/mol.